The molecule has 8 heteroatoms. The lowest BCUT2D eigenvalue weighted by molar-refractivity contribution is 0.470. The molecule has 3 rings (SSSR count). The molecular formula is C16H2F2N4O2. The van der Waals surface area contributed by atoms with Gasteiger partial charge < -0.3 is 8.83 Å². The number of nitriles is 4. The van der Waals surface area contributed by atoms with Crippen molar-refractivity contribution in [3.63, 3.8) is 0 Å². The lowest BCUT2D eigenvalue weighted by Gasteiger charge is -1.95. The minimum Gasteiger partial charge on any atom is -0.451 e. The summed E-state index contributed by atoms with van der Waals surface area (Å²) in [7, 11) is 0. The van der Waals surface area contributed by atoms with Crippen LogP contribution < -0.4 is 10.8 Å². The van der Waals surface area contributed by atoms with Crippen molar-refractivity contribution >= 4 is 33.1 Å². The zero-order chi connectivity index (χ0) is 17.4. The number of furan rings is 2. The molecule has 0 N–H and O–H groups in total. The number of hydrogen-bond donors (Lipinski definition) is 0. The van der Waals surface area contributed by atoms with Crippen LogP contribution in [0.4, 0.5) is 8.78 Å². The Morgan fingerprint density at radius 2 is 1.04 bits per heavy atom. The summed E-state index contributed by atoms with van der Waals surface area (Å²) in [5, 5.41) is 35.5. The van der Waals surface area contributed by atoms with Gasteiger partial charge in [0.1, 0.15) is 24.3 Å². The first-order valence-corrected chi connectivity index (χ1v) is 6.24. The Balaban J connectivity index is 2.63. The molecule has 0 unspecified atom stereocenters. The summed E-state index contributed by atoms with van der Waals surface area (Å²) in [6.45, 7) is 0. The molecule has 0 aliphatic carbocycles. The molecule has 6 nitrogen and oxygen atoms in total. The first-order chi connectivity index (χ1) is 11.5. The van der Waals surface area contributed by atoms with Crippen LogP contribution in [0.5, 0.6) is 0 Å². The first-order valence-electron chi connectivity index (χ1n) is 6.24. The van der Waals surface area contributed by atoms with Gasteiger partial charge in [-0.05, 0) is 12.1 Å². The second kappa shape index (κ2) is 5.25. The summed E-state index contributed by atoms with van der Waals surface area (Å²) < 4.78 is 38.4. The molecule has 0 aliphatic rings. The summed E-state index contributed by atoms with van der Waals surface area (Å²) in [4.78, 5) is 0. The number of halogens is 2. The van der Waals surface area contributed by atoms with Crippen LogP contribution in [0.3, 0.4) is 0 Å². The first kappa shape index (κ1) is 14.8. The number of hydrogen-bond acceptors (Lipinski definition) is 6. The van der Waals surface area contributed by atoms with Crippen LogP contribution >= 0.6 is 0 Å². The molecule has 0 amide bonds. The van der Waals surface area contributed by atoms with Crippen molar-refractivity contribution in [2.45, 2.75) is 0 Å². The highest BCUT2D eigenvalue weighted by molar-refractivity contribution is 6.05. The van der Waals surface area contributed by atoms with Gasteiger partial charge >= 0.3 is 0 Å². The van der Waals surface area contributed by atoms with Crippen molar-refractivity contribution < 1.29 is 17.6 Å². The van der Waals surface area contributed by atoms with Crippen LogP contribution in [0.25, 0.3) is 33.1 Å². The smallest absolute Gasteiger partial charge is 0.205 e. The molecule has 0 saturated heterocycles. The van der Waals surface area contributed by atoms with E-state index in [1.807, 2.05) is 0 Å². The van der Waals surface area contributed by atoms with Crippen LogP contribution in [0, 0.1) is 57.0 Å². The maximum Gasteiger partial charge on any atom is 0.205 e. The van der Waals surface area contributed by atoms with Crippen LogP contribution in [0.2, 0.25) is 0 Å². The lowest BCUT2D eigenvalue weighted by Crippen LogP contribution is -1.98. The van der Waals surface area contributed by atoms with E-state index in [0.717, 1.165) is 0 Å². The molecule has 0 spiro atoms. The molecule has 112 valence electrons. The summed E-state index contributed by atoms with van der Waals surface area (Å²) in [5.41, 5.74) is -2.28. The predicted molar refractivity (Wildman–Crippen MR) is 74.4 cm³/mol. The second-order valence-corrected chi connectivity index (χ2v) is 4.53. The number of nitrogens with zero attached hydrogens (tertiary/aromatic N) is 4. The largest absolute Gasteiger partial charge is 0.451 e. The molecule has 1 aromatic carbocycles. The van der Waals surface area contributed by atoms with Crippen molar-refractivity contribution in [2.24, 2.45) is 0 Å². The van der Waals surface area contributed by atoms with Gasteiger partial charge in [0, 0.05) is 10.8 Å². The van der Waals surface area contributed by atoms with E-state index in [1.165, 1.54) is 12.1 Å². The maximum atomic E-state index is 14.1. The van der Waals surface area contributed by atoms with E-state index >= 15 is 0 Å². The normalized spacial score (nSPS) is 9.92. The third-order valence-electron chi connectivity index (χ3n) is 3.29. The highest BCUT2D eigenvalue weighted by atomic mass is 19.2. The van der Waals surface area contributed by atoms with Crippen LogP contribution in [0.1, 0.15) is 0 Å². The third-order valence-corrected chi connectivity index (χ3v) is 3.29. The Labute approximate surface area is 131 Å². The van der Waals surface area contributed by atoms with E-state index in [9.17, 15) is 8.78 Å². The van der Waals surface area contributed by atoms with Gasteiger partial charge in [-0.1, -0.05) is 0 Å². The molecule has 2 heterocycles. The van der Waals surface area contributed by atoms with Gasteiger partial charge in [0.25, 0.3) is 0 Å². The van der Waals surface area contributed by atoms with Crippen molar-refractivity contribution in [3.8, 4) is 24.3 Å². The predicted octanol–water partition coefficient (Wildman–Crippen LogP) is 1.85. The van der Waals surface area contributed by atoms with Gasteiger partial charge in [0.05, 0.1) is 0 Å². The van der Waals surface area contributed by atoms with E-state index in [1.54, 1.807) is 24.3 Å². The topological polar surface area (TPSA) is 121 Å². The Bertz CT molecular complexity index is 1180. The van der Waals surface area contributed by atoms with Crippen LogP contribution in [-0.4, -0.2) is 0 Å². The molecule has 0 bridgehead atoms. The lowest BCUT2D eigenvalue weighted by atomic mass is 10.1. The third kappa shape index (κ3) is 1.89. The van der Waals surface area contributed by atoms with Gasteiger partial charge in [-0.2, -0.15) is 29.8 Å². The molecule has 0 aliphatic heterocycles. The Kier molecular flexibility index (Phi) is 3.23. The van der Waals surface area contributed by atoms with Gasteiger partial charge in [0.15, 0.2) is 33.1 Å². The SMILES string of the molecule is N#CC(C#N)=c1cc2c(o1)c(F)c(F)c1oc(=C(C#N)C#N)cc12. The fourth-order valence-corrected chi connectivity index (χ4v) is 2.22. The van der Waals surface area contributed by atoms with Gasteiger partial charge in [-0.3, -0.25) is 0 Å². The number of benzene rings is 1. The van der Waals surface area contributed by atoms with E-state index < -0.39 is 33.9 Å². The van der Waals surface area contributed by atoms with Gasteiger partial charge in [0.2, 0.25) is 11.6 Å². The number of fused-ring (bicyclic) bond motifs is 3. The average Bonchev–Trinajstić information content (AvgIpc) is 3.20. The monoisotopic (exact) mass is 320 g/mol. The molecule has 3 aromatic rings. The minimum absolute atomic E-state index is 0.0483. The van der Waals surface area contributed by atoms with Crippen molar-refractivity contribution in [3.05, 3.63) is 34.6 Å². The summed E-state index contributed by atoms with van der Waals surface area (Å²) >= 11 is 0. The summed E-state index contributed by atoms with van der Waals surface area (Å²) in [5.74, 6) is -2.73. The standard InChI is InChI=1S/C16H2F2N4O2/c17-13-14(18)16-10(2-12(24-16)8(5-21)6-22)9-1-11(23-15(9)13)7(3-19)4-20/h1-2H. The van der Waals surface area contributed by atoms with E-state index in [4.69, 9.17) is 29.9 Å². The molecule has 0 fully saturated rings. The quantitative estimate of drug-likeness (QED) is 0.623. The zero-order valence-electron chi connectivity index (χ0n) is 11.5. The maximum absolute atomic E-state index is 14.1. The molecule has 0 saturated carbocycles. The molecule has 24 heavy (non-hydrogen) atoms. The summed E-state index contributed by atoms with van der Waals surface area (Å²) in [6, 6.07) is 8.73. The van der Waals surface area contributed by atoms with Crippen LogP contribution in [-0.2, 0) is 0 Å². The van der Waals surface area contributed by atoms with E-state index in [2.05, 4.69) is 0 Å². The van der Waals surface area contributed by atoms with Crippen LogP contribution in [0.15, 0.2) is 21.0 Å². The average molecular weight is 320 g/mol. The summed E-state index contributed by atoms with van der Waals surface area (Å²) in [6.07, 6.45) is 0. The van der Waals surface area contributed by atoms with Crippen molar-refractivity contribution in [2.75, 3.05) is 0 Å². The zero-order valence-corrected chi connectivity index (χ0v) is 11.5. The van der Waals surface area contributed by atoms with Crippen molar-refractivity contribution in [1.82, 2.24) is 0 Å². The molecule has 0 atom stereocenters. The molecule has 2 aromatic heterocycles. The van der Waals surface area contributed by atoms with Crippen molar-refractivity contribution in [1.29, 1.82) is 21.0 Å². The number of rotatable bonds is 0. The van der Waals surface area contributed by atoms with E-state index in [-0.39, 0.29) is 21.6 Å². The molecule has 0 radical (unpaired) electrons. The van der Waals surface area contributed by atoms with E-state index in [0.29, 0.717) is 0 Å². The van der Waals surface area contributed by atoms with Gasteiger partial charge in [-0.15, -0.1) is 0 Å². The second-order valence-electron chi connectivity index (χ2n) is 4.53. The highest BCUT2D eigenvalue weighted by Crippen LogP contribution is 2.30. The fourth-order valence-electron chi connectivity index (χ4n) is 2.22. The molecular weight excluding hydrogens is 318 g/mol. The Hall–Kier alpha value is -4.14. The fraction of sp³-hybridized carbons (Fsp3) is 0. The van der Waals surface area contributed by atoms with Gasteiger partial charge in [-0.25, -0.2) is 0 Å². The minimum atomic E-state index is -1.37. The Morgan fingerprint density at radius 1 is 0.708 bits per heavy atom. The Morgan fingerprint density at radius 3 is 1.33 bits per heavy atom. The highest BCUT2D eigenvalue weighted by Gasteiger charge is 2.21.